The first-order valence-electron chi connectivity index (χ1n) is 16.7. The van der Waals surface area contributed by atoms with Gasteiger partial charge in [-0.25, -0.2) is 24.0 Å². The molecule has 0 fully saturated rings. The van der Waals surface area contributed by atoms with Crippen LogP contribution >= 0.6 is 0 Å². The second-order valence-electron chi connectivity index (χ2n) is 11.5. The van der Waals surface area contributed by atoms with Gasteiger partial charge in [0.25, 0.3) is 0 Å². The van der Waals surface area contributed by atoms with E-state index in [9.17, 15) is 39.0 Å². The van der Waals surface area contributed by atoms with Crippen molar-refractivity contribution in [2.24, 2.45) is 0 Å². The number of unbranched alkanes of at least 4 members (excludes halogenated alkanes) is 2. The Morgan fingerprint density at radius 1 is 0.654 bits per heavy atom. The number of carbonyl (C=O) groups is 6. The molecule has 1 aromatic rings. The van der Waals surface area contributed by atoms with Gasteiger partial charge in [0, 0.05) is 13.5 Å². The molecular weight excluding hydrogens is 696 g/mol. The van der Waals surface area contributed by atoms with Crippen LogP contribution in [0.4, 0.5) is 4.79 Å². The third kappa shape index (κ3) is 20.5. The molecule has 0 aliphatic carbocycles. The topological polar surface area (TPSA) is 254 Å². The maximum atomic E-state index is 12.4. The van der Waals surface area contributed by atoms with Crippen LogP contribution in [0.25, 0.3) is 0 Å². The van der Waals surface area contributed by atoms with Crippen LogP contribution in [0, 0.1) is 0 Å². The summed E-state index contributed by atoms with van der Waals surface area (Å²) in [5.74, 6) is -3.81. The van der Waals surface area contributed by atoms with Crippen molar-refractivity contribution < 1.29 is 81.3 Å². The van der Waals surface area contributed by atoms with Gasteiger partial charge in [-0.05, 0) is 66.3 Å². The monoisotopic (exact) mass is 748 g/mol. The number of aliphatic hydroxyl groups excluding tert-OH is 2. The Balaban J connectivity index is 2.70. The lowest BCUT2D eigenvalue weighted by atomic mass is 10.2. The average molecular weight is 749 g/mol. The summed E-state index contributed by atoms with van der Waals surface area (Å²) >= 11 is 0. The van der Waals surface area contributed by atoms with Gasteiger partial charge in [0.2, 0.25) is 0 Å². The lowest BCUT2D eigenvalue weighted by Crippen LogP contribution is -2.37. The first-order valence-corrected chi connectivity index (χ1v) is 16.7. The molecule has 4 N–H and O–H groups in total. The average Bonchev–Trinajstić information content (AvgIpc) is 3.54. The minimum absolute atomic E-state index is 0.0843. The summed E-state index contributed by atoms with van der Waals surface area (Å²) in [5, 5.41) is 24.2. The molecule has 0 aliphatic heterocycles. The van der Waals surface area contributed by atoms with E-state index in [1.165, 1.54) is 34.6 Å². The van der Waals surface area contributed by atoms with Gasteiger partial charge in [0.15, 0.2) is 24.4 Å². The van der Waals surface area contributed by atoms with Crippen LogP contribution in [0.1, 0.15) is 65.4 Å². The normalized spacial score (nSPS) is 14.5. The SMILES string of the molecule is CNCCCCCNC(=O)OC(COCc1ccc(COCC(COC(C)=O)OC(=O)C(C)OC(=O)C(C)O)o1)COC(=O)C(C)OC(=O)C(C)O. The second-order valence-corrected chi connectivity index (χ2v) is 11.5. The molecule has 0 radical (unpaired) electrons. The van der Waals surface area contributed by atoms with Crippen molar-refractivity contribution in [2.45, 2.75) is 104 Å². The van der Waals surface area contributed by atoms with Crippen LogP contribution in [-0.2, 0) is 75.1 Å². The van der Waals surface area contributed by atoms with Gasteiger partial charge in [-0.1, -0.05) is 6.42 Å². The van der Waals surface area contributed by atoms with Gasteiger partial charge in [-0.15, -0.1) is 0 Å². The zero-order valence-electron chi connectivity index (χ0n) is 30.4. The van der Waals surface area contributed by atoms with Crippen LogP contribution < -0.4 is 10.6 Å². The standard InChI is InChI=1S/C33H52N2O17/c1-20(36)29(39)48-22(3)31(41)47-19-28(52-33(43)35-13-9-7-8-12-34-6)17-45-15-26-11-10-25(50-26)14-44-16-27(18-46-24(5)38)51-32(42)23(4)49-30(40)21(2)37/h10-11,20-23,27-28,34,36-37H,7-9,12-19H2,1-6H3,(H,35,43). The highest BCUT2D eigenvalue weighted by Crippen LogP contribution is 2.13. The molecular formula is C33H52N2O17. The van der Waals surface area contributed by atoms with Crippen molar-refractivity contribution in [3.8, 4) is 0 Å². The van der Waals surface area contributed by atoms with E-state index in [2.05, 4.69) is 10.6 Å². The fraction of sp³-hybridized carbons (Fsp3) is 0.697. The second kappa shape index (κ2) is 25.6. The Kier molecular flexibility index (Phi) is 22.5. The van der Waals surface area contributed by atoms with Gasteiger partial charge < -0.3 is 63.2 Å². The predicted molar refractivity (Wildman–Crippen MR) is 176 cm³/mol. The number of esters is 5. The van der Waals surface area contributed by atoms with E-state index >= 15 is 0 Å². The van der Waals surface area contributed by atoms with Crippen LogP contribution in [0.5, 0.6) is 0 Å². The highest BCUT2D eigenvalue weighted by Gasteiger charge is 2.27. The Morgan fingerprint density at radius 3 is 1.67 bits per heavy atom. The van der Waals surface area contributed by atoms with Gasteiger partial charge >= 0.3 is 35.9 Å². The fourth-order valence-electron chi connectivity index (χ4n) is 3.78. The number of rotatable bonds is 26. The number of ether oxygens (including phenoxy) is 8. The van der Waals surface area contributed by atoms with Crippen molar-refractivity contribution in [2.75, 3.05) is 46.6 Å². The quantitative estimate of drug-likeness (QED) is 0.0569. The third-order valence-electron chi connectivity index (χ3n) is 6.56. The molecule has 0 spiro atoms. The Bertz CT molecular complexity index is 1250. The molecule has 19 heteroatoms. The van der Waals surface area contributed by atoms with E-state index in [1.54, 1.807) is 12.1 Å². The lowest BCUT2D eigenvalue weighted by Gasteiger charge is -2.20. The molecule has 6 unspecified atom stereocenters. The summed E-state index contributed by atoms with van der Waals surface area (Å²) in [6.07, 6.45) is -5.86. The van der Waals surface area contributed by atoms with E-state index in [-0.39, 0.29) is 33.0 Å². The molecule has 296 valence electrons. The number of hydrogen-bond donors (Lipinski definition) is 4. The Labute approximate surface area is 301 Å². The Hall–Kier alpha value is -4.30. The zero-order chi connectivity index (χ0) is 39.1. The molecule has 0 saturated carbocycles. The van der Waals surface area contributed by atoms with E-state index in [0.29, 0.717) is 18.1 Å². The molecule has 0 aliphatic rings. The summed E-state index contributed by atoms with van der Waals surface area (Å²) in [7, 11) is 1.85. The van der Waals surface area contributed by atoms with Crippen LogP contribution in [0.15, 0.2) is 16.5 Å². The van der Waals surface area contributed by atoms with Crippen molar-refractivity contribution in [3.05, 3.63) is 23.7 Å². The highest BCUT2D eigenvalue weighted by molar-refractivity contribution is 5.81. The van der Waals surface area contributed by atoms with Crippen LogP contribution in [-0.4, -0.2) is 129 Å². The molecule has 1 heterocycles. The summed E-state index contributed by atoms with van der Waals surface area (Å²) < 4.78 is 47.3. The van der Waals surface area contributed by atoms with Crippen molar-refractivity contribution >= 4 is 35.9 Å². The number of carbonyl (C=O) groups excluding carboxylic acids is 6. The number of aliphatic hydroxyl groups is 2. The van der Waals surface area contributed by atoms with Crippen molar-refractivity contribution in [1.82, 2.24) is 10.6 Å². The Morgan fingerprint density at radius 2 is 1.15 bits per heavy atom. The van der Waals surface area contributed by atoms with E-state index in [0.717, 1.165) is 25.8 Å². The molecule has 1 rings (SSSR count). The number of nitrogens with one attached hydrogen (secondary N) is 2. The van der Waals surface area contributed by atoms with E-state index in [4.69, 9.17) is 42.3 Å². The minimum atomic E-state index is -1.44. The zero-order valence-corrected chi connectivity index (χ0v) is 30.4. The third-order valence-corrected chi connectivity index (χ3v) is 6.56. The smallest absolute Gasteiger partial charge is 0.407 e. The molecule has 0 saturated heterocycles. The molecule has 52 heavy (non-hydrogen) atoms. The number of hydrogen-bond acceptors (Lipinski definition) is 18. The maximum absolute atomic E-state index is 12.4. The largest absolute Gasteiger partial charge is 0.462 e. The maximum Gasteiger partial charge on any atom is 0.407 e. The summed E-state index contributed by atoms with van der Waals surface area (Å²) in [4.78, 5) is 71.6. The summed E-state index contributed by atoms with van der Waals surface area (Å²) in [5.41, 5.74) is 0. The first-order chi connectivity index (χ1) is 24.6. The molecule has 1 aromatic heterocycles. The highest BCUT2D eigenvalue weighted by atomic mass is 16.6. The molecule has 19 nitrogen and oxygen atoms in total. The van der Waals surface area contributed by atoms with E-state index < -0.39 is 79.2 Å². The van der Waals surface area contributed by atoms with Gasteiger partial charge in [-0.2, -0.15) is 0 Å². The van der Waals surface area contributed by atoms with Crippen LogP contribution in [0.2, 0.25) is 0 Å². The number of alkyl carbamates (subject to hydrolysis) is 1. The van der Waals surface area contributed by atoms with Crippen molar-refractivity contribution in [1.29, 1.82) is 0 Å². The van der Waals surface area contributed by atoms with E-state index in [1.807, 2.05) is 7.05 Å². The molecule has 1 amide bonds. The predicted octanol–water partition coefficient (Wildman–Crippen LogP) is 0.440. The molecule has 0 aromatic carbocycles. The first kappa shape index (κ1) is 45.7. The molecule has 6 atom stereocenters. The van der Waals surface area contributed by atoms with Crippen molar-refractivity contribution in [3.63, 3.8) is 0 Å². The number of furan rings is 1. The van der Waals surface area contributed by atoms with Gasteiger partial charge in [0.1, 0.15) is 50.2 Å². The molecule has 0 bridgehead atoms. The van der Waals surface area contributed by atoms with Gasteiger partial charge in [0.05, 0.1) is 13.2 Å². The summed E-state index contributed by atoms with van der Waals surface area (Å²) in [6.45, 7) is 5.89. The number of amides is 1. The van der Waals surface area contributed by atoms with Gasteiger partial charge in [-0.3, -0.25) is 4.79 Å². The fourth-order valence-corrected chi connectivity index (χ4v) is 3.78. The summed E-state index contributed by atoms with van der Waals surface area (Å²) in [6, 6.07) is 3.20. The lowest BCUT2D eigenvalue weighted by molar-refractivity contribution is -0.179. The van der Waals surface area contributed by atoms with Crippen LogP contribution in [0.3, 0.4) is 0 Å². The minimum Gasteiger partial charge on any atom is -0.462 e.